The van der Waals surface area contributed by atoms with Crippen molar-refractivity contribution >= 4 is 33.5 Å². The molecular formula is C14H17BrFNOS. The monoisotopic (exact) mass is 345 g/mol. The third-order valence-electron chi connectivity index (χ3n) is 3.20. The number of rotatable bonds is 3. The van der Waals surface area contributed by atoms with Gasteiger partial charge in [0, 0.05) is 5.41 Å². The Labute approximate surface area is 125 Å². The van der Waals surface area contributed by atoms with Gasteiger partial charge in [-0.3, -0.25) is 0 Å². The fourth-order valence-electron chi connectivity index (χ4n) is 1.74. The lowest BCUT2D eigenvalue weighted by Gasteiger charge is -2.19. The lowest BCUT2D eigenvalue weighted by atomic mass is 9.97. The normalized spacial score (nSPS) is 19.7. The van der Waals surface area contributed by atoms with Crippen molar-refractivity contribution in [1.82, 2.24) is 0 Å². The molecule has 0 aromatic heterocycles. The maximum absolute atomic E-state index is 13.6. The number of benzene rings is 1. The minimum Gasteiger partial charge on any atom is -0.591 e. The van der Waals surface area contributed by atoms with Crippen LogP contribution in [0.3, 0.4) is 0 Å². The van der Waals surface area contributed by atoms with Crippen LogP contribution in [0.1, 0.15) is 39.2 Å². The van der Waals surface area contributed by atoms with Gasteiger partial charge in [-0.25, -0.2) is 4.39 Å². The summed E-state index contributed by atoms with van der Waals surface area (Å²) in [5, 5.41) is 0. The zero-order valence-electron chi connectivity index (χ0n) is 11.2. The molecule has 0 bridgehead atoms. The molecule has 1 aliphatic carbocycles. The van der Waals surface area contributed by atoms with Crippen molar-refractivity contribution in [3.63, 3.8) is 0 Å². The fraction of sp³-hybridized carbons (Fsp3) is 0.500. The number of halogens is 2. The summed E-state index contributed by atoms with van der Waals surface area (Å²) in [6.45, 7) is 5.66. The summed E-state index contributed by atoms with van der Waals surface area (Å²) in [6, 6.07) is 5.13. The van der Waals surface area contributed by atoms with Crippen LogP contribution in [0.4, 0.5) is 4.39 Å². The molecule has 0 aliphatic heterocycles. The van der Waals surface area contributed by atoms with Gasteiger partial charge in [-0.2, -0.15) is 0 Å². The molecule has 0 N–H and O–H groups in total. The summed E-state index contributed by atoms with van der Waals surface area (Å²) in [4.78, 5) is 0. The molecule has 104 valence electrons. The fourth-order valence-corrected chi connectivity index (χ4v) is 2.60. The Morgan fingerprint density at radius 1 is 1.42 bits per heavy atom. The van der Waals surface area contributed by atoms with E-state index in [1.807, 2.05) is 26.8 Å². The van der Waals surface area contributed by atoms with Gasteiger partial charge in [-0.05, 0) is 67.2 Å². The molecule has 2 nitrogen and oxygen atoms in total. The van der Waals surface area contributed by atoms with Crippen molar-refractivity contribution in [1.29, 1.82) is 0 Å². The highest BCUT2D eigenvalue weighted by atomic mass is 79.9. The van der Waals surface area contributed by atoms with Crippen LogP contribution in [0.2, 0.25) is 0 Å². The summed E-state index contributed by atoms with van der Waals surface area (Å²) < 4.78 is 29.8. The van der Waals surface area contributed by atoms with Crippen LogP contribution in [0.5, 0.6) is 0 Å². The number of hydrogen-bond acceptors (Lipinski definition) is 2. The lowest BCUT2D eigenvalue weighted by molar-refractivity contribution is 0.561. The Morgan fingerprint density at radius 2 is 2.05 bits per heavy atom. The van der Waals surface area contributed by atoms with Crippen LogP contribution in [0.15, 0.2) is 27.1 Å². The molecule has 0 spiro atoms. The average molecular weight is 346 g/mol. The Balaban J connectivity index is 2.20. The molecule has 5 heteroatoms. The second kappa shape index (κ2) is 5.19. The van der Waals surface area contributed by atoms with Crippen molar-refractivity contribution in [2.45, 2.75) is 43.8 Å². The van der Waals surface area contributed by atoms with E-state index >= 15 is 0 Å². The van der Waals surface area contributed by atoms with Gasteiger partial charge in [0.1, 0.15) is 21.9 Å². The maximum atomic E-state index is 13.6. The number of hydrogen-bond donors (Lipinski definition) is 0. The second-order valence-electron chi connectivity index (χ2n) is 5.88. The van der Waals surface area contributed by atoms with Crippen LogP contribution in [-0.4, -0.2) is 15.5 Å². The topological polar surface area (TPSA) is 35.4 Å². The summed E-state index contributed by atoms with van der Waals surface area (Å²) in [6.07, 6.45) is 3.61. The summed E-state index contributed by atoms with van der Waals surface area (Å²) in [5.41, 5.74) is 0.686. The lowest BCUT2D eigenvalue weighted by Crippen LogP contribution is -2.26. The molecule has 0 radical (unpaired) electrons. The van der Waals surface area contributed by atoms with Crippen LogP contribution in [0.25, 0.3) is 0 Å². The first kappa shape index (κ1) is 15.0. The second-order valence-corrected chi connectivity index (χ2v) is 8.67. The predicted octanol–water partition coefficient (Wildman–Crippen LogP) is 4.15. The molecule has 1 aromatic carbocycles. The third kappa shape index (κ3) is 3.38. The van der Waals surface area contributed by atoms with E-state index in [9.17, 15) is 8.94 Å². The quantitative estimate of drug-likeness (QED) is 0.598. The molecule has 1 saturated carbocycles. The van der Waals surface area contributed by atoms with E-state index in [0.29, 0.717) is 4.47 Å². The van der Waals surface area contributed by atoms with Gasteiger partial charge in [-0.15, -0.1) is 0 Å². The third-order valence-corrected chi connectivity index (χ3v) is 5.19. The van der Waals surface area contributed by atoms with Gasteiger partial charge in [0.05, 0.1) is 10.7 Å². The molecule has 1 aromatic rings. The van der Waals surface area contributed by atoms with E-state index in [2.05, 4.69) is 20.3 Å². The SMILES string of the molecule is CC(C)(C)[S+]([O-])N=CC1(c2ccc(Br)c(F)c2)CC1. The van der Waals surface area contributed by atoms with Crippen molar-refractivity contribution in [3.8, 4) is 0 Å². The van der Waals surface area contributed by atoms with E-state index in [1.54, 1.807) is 12.3 Å². The van der Waals surface area contributed by atoms with Gasteiger partial charge in [0.15, 0.2) is 0 Å². The Morgan fingerprint density at radius 3 is 2.53 bits per heavy atom. The largest absolute Gasteiger partial charge is 0.591 e. The Bertz CT molecular complexity index is 509. The average Bonchev–Trinajstić information content (AvgIpc) is 3.09. The van der Waals surface area contributed by atoms with Crippen LogP contribution >= 0.6 is 15.9 Å². The molecule has 1 aliphatic rings. The van der Waals surface area contributed by atoms with E-state index < -0.39 is 11.4 Å². The van der Waals surface area contributed by atoms with Crippen LogP contribution < -0.4 is 0 Å². The van der Waals surface area contributed by atoms with Crippen LogP contribution in [-0.2, 0) is 16.8 Å². The highest BCUT2D eigenvalue weighted by Crippen LogP contribution is 2.47. The molecule has 1 atom stereocenters. The van der Waals surface area contributed by atoms with Gasteiger partial charge in [-0.1, -0.05) is 10.5 Å². The zero-order valence-corrected chi connectivity index (χ0v) is 13.6. The summed E-state index contributed by atoms with van der Waals surface area (Å²) >= 11 is 1.89. The van der Waals surface area contributed by atoms with Crippen LogP contribution in [0, 0.1) is 5.82 Å². The van der Waals surface area contributed by atoms with Gasteiger partial charge in [0.25, 0.3) is 0 Å². The Kier molecular flexibility index (Phi) is 4.10. The van der Waals surface area contributed by atoms with E-state index in [1.165, 1.54) is 6.07 Å². The van der Waals surface area contributed by atoms with Gasteiger partial charge in [0.2, 0.25) is 0 Å². The van der Waals surface area contributed by atoms with Crippen molar-refractivity contribution in [2.24, 2.45) is 4.40 Å². The highest BCUT2D eigenvalue weighted by Gasteiger charge is 2.44. The minimum absolute atomic E-state index is 0.220. The molecule has 0 heterocycles. The van der Waals surface area contributed by atoms with E-state index in [0.717, 1.165) is 18.4 Å². The molecule has 2 rings (SSSR count). The van der Waals surface area contributed by atoms with E-state index in [-0.39, 0.29) is 16.0 Å². The summed E-state index contributed by atoms with van der Waals surface area (Å²) in [5.74, 6) is -0.269. The first-order valence-electron chi connectivity index (χ1n) is 6.17. The van der Waals surface area contributed by atoms with Gasteiger partial charge >= 0.3 is 0 Å². The zero-order chi connectivity index (χ0) is 14.3. The first-order chi connectivity index (χ1) is 8.74. The van der Waals surface area contributed by atoms with Crippen molar-refractivity contribution < 1.29 is 8.94 Å². The Hall–Kier alpha value is -0.390. The molecule has 1 fully saturated rings. The molecular weight excluding hydrogens is 329 g/mol. The molecule has 0 saturated heterocycles. The maximum Gasteiger partial charge on any atom is 0.144 e. The standard InChI is InChI=1S/C14H17BrFNOS/c1-13(2,3)19(18)17-9-14(6-7-14)10-4-5-11(15)12(16)8-10/h4-5,8-9H,6-7H2,1-3H3. The first-order valence-corrected chi connectivity index (χ1v) is 8.07. The van der Waals surface area contributed by atoms with Crippen molar-refractivity contribution in [2.75, 3.05) is 0 Å². The smallest absolute Gasteiger partial charge is 0.144 e. The minimum atomic E-state index is -1.26. The van der Waals surface area contributed by atoms with E-state index in [4.69, 9.17) is 0 Å². The molecule has 0 amide bonds. The highest BCUT2D eigenvalue weighted by molar-refractivity contribution is 9.10. The molecule has 1 unspecified atom stereocenters. The van der Waals surface area contributed by atoms with Crippen molar-refractivity contribution in [3.05, 3.63) is 34.1 Å². The molecule has 19 heavy (non-hydrogen) atoms. The summed E-state index contributed by atoms with van der Waals surface area (Å²) in [7, 11) is 0. The number of nitrogens with zero attached hydrogens (tertiary/aromatic N) is 1. The van der Waals surface area contributed by atoms with Gasteiger partial charge < -0.3 is 4.55 Å². The predicted molar refractivity (Wildman–Crippen MR) is 81.4 cm³/mol.